The van der Waals surface area contributed by atoms with Crippen LogP contribution in [0.2, 0.25) is 0 Å². The van der Waals surface area contributed by atoms with E-state index in [-0.39, 0.29) is 41.2 Å². The lowest BCUT2D eigenvalue weighted by atomic mass is 10.1. The van der Waals surface area contributed by atoms with Crippen LogP contribution in [-0.4, -0.2) is 60.6 Å². The summed E-state index contributed by atoms with van der Waals surface area (Å²) in [7, 11) is -2.02. The van der Waals surface area contributed by atoms with Gasteiger partial charge in [0, 0.05) is 35.2 Å². The van der Waals surface area contributed by atoms with Gasteiger partial charge in [-0.3, -0.25) is 4.79 Å². The maximum absolute atomic E-state index is 13.7. The van der Waals surface area contributed by atoms with Crippen LogP contribution in [0.25, 0.3) is 21.8 Å². The first-order valence-electron chi connectivity index (χ1n) is 11.3. The van der Waals surface area contributed by atoms with E-state index < -0.39 is 27.3 Å². The van der Waals surface area contributed by atoms with E-state index in [0.717, 1.165) is 12.8 Å². The summed E-state index contributed by atoms with van der Waals surface area (Å²) >= 11 is 0. The minimum atomic E-state index is -3.82. The van der Waals surface area contributed by atoms with Gasteiger partial charge in [0.15, 0.2) is 5.75 Å². The molecule has 0 spiro atoms. The molecule has 3 N–H and O–H groups in total. The van der Waals surface area contributed by atoms with Crippen LogP contribution in [0, 0.1) is 0 Å². The number of fused-ring (bicyclic) bond motifs is 3. The number of nitrogens with one attached hydrogen (secondary N) is 3. The minimum absolute atomic E-state index is 0. The fourth-order valence-electron chi connectivity index (χ4n) is 3.80. The third-order valence-corrected chi connectivity index (χ3v) is 7.88. The van der Waals surface area contributed by atoms with Crippen LogP contribution in [0.5, 0.6) is 5.75 Å². The Balaban J connectivity index is 0.00000342. The van der Waals surface area contributed by atoms with Gasteiger partial charge in [-0.15, -0.1) is 12.4 Å². The van der Waals surface area contributed by atoms with Crippen LogP contribution in [0.1, 0.15) is 40.0 Å². The number of rotatable bonds is 9. The summed E-state index contributed by atoms with van der Waals surface area (Å²) in [4.78, 5) is 30.3. The molecule has 0 unspecified atom stereocenters. The van der Waals surface area contributed by atoms with Crippen molar-refractivity contribution in [2.45, 2.75) is 56.5 Å². The largest absolute Gasteiger partial charge is 0.513 e. The van der Waals surface area contributed by atoms with Gasteiger partial charge in [-0.1, -0.05) is 6.92 Å². The molecule has 35 heavy (non-hydrogen) atoms. The predicted molar refractivity (Wildman–Crippen MR) is 136 cm³/mol. The van der Waals surface area contributed by atoms with Gasteiger partial charge in [0.2, 0.25) is 10.0 Å². The molecule has 1 fully saturated rings. The fraction of sp³-hybridized carbons (Fsp3) is 0.478. The molecule has 0 atom stereocenters. The van der Waals surface area contributed by atoms with Crippen molar-refractivity contribution >= 4 is 50.4 Å². The zero-order valence-electron chi connectivity index (χ0n) is 20.1. The molecule has 3 aromatic rings. The molecule has 0 saturated heterocycles. The molecule has 12 heteroatoms. The highest BCUT2D eigenvalue weighted by Gasteiger charge is 2.40. The second-order valence-corrected chi connectivity index (χ2v) is 11.1. The smallest absolute Gasteiger partial charge is 0.434 e. The zero-order chi connectivity index (χ0) is 24.7. The van der Waals surface area contributed by atoms with Crippen LogP contribution in [-0.2, 0) is 14.8 Å². The third kappa shape index (κ3) is 5.48. The molecule has 0 amide bonds. The number of ether oxygens (including phenoxy) is 2. The topological polar surface area (TPSA) is 134 Å². The molecule has 4 rings (SSSR count). The van der Waals surface area contributed by atoms with Gasteiger partial charge in [0.05, 0.1) is 16.9 Å². The number of hydrogen-bond acceptors (Lipinski definition) is 7. The first kappa shape index (κ1) is 27.0. The van der Waals surface area contributed by atoms with E-state index >= 15 is 0 Å². The number of halogens is 1. The summed E-state index contributed by atoms with van der Waals surface area (Å²) < 4.78 is 39.2. The predicted octanol–water partition coefficient (Wildman–Crippen LogP) is 3.51. The van der Waals surface area contributed by atoms with Crippen molar-refractivity contribution in [1.82, 2.24) is 19.6 Å². The van der Waals surface area contributed by atoms with E-state index in [9.17, 15) is 18.0 Å². The summed E-state index contributed by atoms with van der Waals surface area (Å²) in [6.45, 7) is 6.28. The normalized spacial score (nSPS) is 14.3. The van der Waals surface area contributed by atoms with Crippen molar-refractivity contribution in [2.75, 3.05) is 20.2 Å². The first-order valence-corrected chi connectivity index (χ1v) is 12.7. The molecule has 0 aliphatic heterocycles. The highest BCUT2D eigenvalue weighted by atomic mass is 35.5. The Hall–Kier alpha value is -2.60. The van der Waals surface area contributed by atoms with E-state index in [1.54, 1.807) is 17.4 Å². The molecular formula is C23H31ClN4O6S. The number of H-pyrrole nitrogens is 2. The molecule has 1 saturated carbocycles. The Morgan fingerprint density at radius 2 is 2.00 bits per heavy atom. The van der Waals surface area contributed by atoms with E-state index in [4.69, 9.17) is 9.47 Å². The van der Waals surface area contributed by atoms with Crippen LogP contribution >= 0.6 is 12.4 Å². The summed E-state index contributed by atoms with van der Waals surface area (Å²) in [5.74, 6) is 0.0946. The van der Waals surface area contributed by atoms with E-state index in [1.165, 1.54) is 18.3 Å². The maximum Gasteiger partial charge on any atom is 0.513 e. The molecule has 1 aliphatic carbocycles. The number of sulfonamides is 1. The molecular weight excluding hydrogens is 496 g/mol. The zero-order valence-corrected chi connectivity index (χ0v) is 21.8. The summed E-state index contributed by atoms with van der Waals surface area (Å²) in [5.41, 5.74) is -0.219. The molecule has 192 valence electrons. The van der Waals surface area contributed by atoms with Crippen LogP contribution in [0.3, 0.4) is 0 Å². The molecule has 10 nitrogen and oxygen atoms in total. The van der Waals surface area contributed by atoms with Crippen LogP contribution in [0.4, 0.5) is 4.79 Å². The molecule has 2 heterocycles. The van der Waals surface area contributed by atoms with Gasteiger partial charge >= 0.3 is 6.16 Å². The number of nitrogens with zero attached hydrogens (tertiary/aromatic N) is 1. The Morgan fingerprint density at radius 3 is 2.63 bits per heavy atom. The van der Waals surface area contributed by atoms with Gasteiger partial charge in [-0.2, -0.15) is 4.31 Å². The van der Waals surface area contributed by atoms with Gasteiger partial charge < -0.3 is 24.8 Å². The SMILES string of the molecule is CCCOC(=O)Oc1c[nH]c2c(=O)[nH]c3ccc(S(=O)(=O)N(CC(C)(C)NC)C4CC4)cc3c12.Cl. The molecule has 2 aromatic heterocycles. The van der Waals surface area contributed by atoms with Crippen molar-refractivity contribution < 1.29 is 22.7 Å². The number of benzene rings is 1. The highest BCUT2D eigenvalue weighted by Crippen LogP contribution is 2.36. The number of aromatic amines is 2. The monoisotopic (exact) mass is 526 g/mol. The van der Waals surface area contributed by atoms with E-state index in [0.29, 0.717) is 29.3 Å². The molecule has 1 aliphatic rings. The lowest BCUT2D eigenvalue weighted by molar-refractivity contribution is 0.0997. The number of hydrogen-bond donors (Lipinski definition) is 3. The van der Waals surface area contributed by atoms with Crippen molar-refractivity contribution in [3.05, 3.63) is 34.7 Å². The lowest BCUT2D eigenvalue weighted by Gasteiger charge is -2.32. The van der Waals surface area contributed by atoms with Gasteiger partial charge in [0.25, 0.3) is 5.56 Å². The van der Waals surface area contributed by atoms with Gasteiger partial charge in [0.1, 0.15) is 5.52 Å². The van der Waals surface area contributed by atoms with E-state index in [2.05, 4.69) is 15.3 Å². The summed E-state index contributed by atoms with van der Waals surface area (Å²) in [6, 6.07) is 4.53. The number of aromatic nitrogens is 2. The summed E-state index contributed by atoms with van der Waals surface area (Å²) in [5, 5.41) is 3.93. The van der Waals surface area contributed by atoms with Crippen molar-refractivity contribution in [2.24, 2.45) is 0 Å². The minimum Gasteiger partial charge on any atom is -0.434 e. The summed E-state index contributed by atoms with van der Waals surface area (Å²) in [6.07, 6.45) is 2.77. The second kappa shape index (κ2) is 10.2. The van der Waals surface area contributed by atoms with Gasteiger partial charge in [-0.05, 0) is 58.4 Å². The Kier molecular flexibility index (Phi) is 7.85. The van der Waals surface area contributed by atoms with Crippen LogP contribution < -0.4 is 15.6 Å². The number of pyridine rings is 1. The average Bonchev–Trinajstić information content (AvgIpc) is 3.55. The average molecular weight is 527 g/mol. The van der Waals surface area contributed by atoms with Crippen molar-refractivity contribution in [3.8, 4) is 5.75 Å². The number of carbonyl (C=O) groups is 1. The maximum atomic E-state index is 13.7. The molecule has 0 radical (unpaired) electrons. The highest BCUT2D eigenvalue weighted by molar-refractivity contribution is 7.89. The van der Waals surface area contributed by atoms with E-state index in [1.807, 2.05) is 20.8 Å². The molecule has 1 aromatic carbocycles. The lowest BCUT2D eigenvalue weighted by Crippen LogP contribution is -2.50. The van der Waals surface area contributed by atoms with Crippen LogP contribution in [0.15, 0.2) is 34.1 Å². The standard InChI is InChI=1S/C23H30N4O6S.ClH/c1-5-10-32-22(29)33-18-12-25-20-19(18)16-11-15(8-9-17(16)26-21(20)28)34(30,31)27(14-6-7-14)13-23(2,3)24-4;/h8-9,11-12,14,24-25H,5-7,10,13H2,1-4H3,(H,26,28);1H. The fourth-order valence-corrected chi connectivity index (χ4v) is 5.67. The van der Waals surface area contributed by atoms with Crippen molar-refractivity contribution in [1.29, 1.82) is 0 Å². The first-order chi connectivity index (χ1) is 16.1. The Morgan fingerprint density at radius 1 is 1.29 bits per heavy atom. The quantitative estimate of drug-likeness (QED) is 0.363. The van der Waals surface area contributed by atoms with Gasteiger partial charge in [-0.25, -0.2) is 13.2 Å². The Labute approximate surface area is 209 Å². The Bertz CT molecular complexity index is 1390. The number of likely N-dealkylation sites (N-methyl/N-ethyl adjacent to an activating group) is 1. The molecule has 0 bridgehead atoms. The third-order valence-electron chi connectivity index (χ3n) is 5.99. The van der Waals surface area contributed by atoms with Crippen molar-refractivity contribution in [3.63, 3.8) is 0 Å². The second-order valence-electron chi connectivity index (χ2n) is 9.18. The number of carbonyl (C=O) groups excluding carboxylic acids is 1.